The van der Waals surface area contributed by atoms with Crippen LogP contribution in [-0.2, 0) is 20.7 Å². The number of alkyl carbamates (subject to hydrolysis) is 1. The maximum atomic E-state index is 12.0. The molecule has 0 saturated heterocycles. The fourth-order valence-electron chi connectivity index (χ4n) is 2.55. The molecule has 1 N–H and O–H groups in total. The fraction of sp³-hybridized carbons (Fsp3) is 0.444. The van der Waals surface area contributed by atoms with Crippen molar-refractivity contribution in [2.45, 2.75) is 45.3 Å². The van der Waals surface area contributed by atoms with Gasteiger partial charge in [-0.05, 0) is 43.9 Å². The summed E-state index contributed by atoms with van der Waals surface area (Å²) in [6.07, 6.45) is 2.67. The van der Waals surface area contributed by atoms with Crippen molar-refractivity contribution in [1.29, 1.82) is 0 Å². The second-order valence-corrected chi connectivity index (χ2v) is 6.52. The van der Waals surface area contributed by atoms with Gasteiger partial charge in [-0.25, -0.2) is 9.59 Å². The van der Waals surface area contributed by atoms with Crippen LogP contribution in [0.4, 0.5) is 4.79 Å². The molecule has 0 aliphatic heterocycles. The average Bonchev–Trinajstić information content (AvgIpc) is 2.87. The summed E-state index contributed by atoms with van der Waals surface area (Å²) in [5.41, 5.74) is 2.76. The van der Waals surface area contributed by atoms with E-state index in [1.165, 1.54) is 12.7 Å². The smallest absolute Gasteiger partial charge is 0.408 e. The lowest BCUT2D eigenvalue weighted by atomic mass is 10.00. The number of carbonyl (C=O) groups is 2. The average molecular weight is 317 g/mol. The van der Waals surface area contributed by atoms with Gasteiger partial charge in [-0.15, -0.1) is 0 Å². The maximum absolute atomic E-state index is 12.0. The Morgan fingerprint density at radius 2 is 1.96 bits per heavy atom. The molecule has 0 radical (unpaired) electrons. The highest BCUT2D eigenvalue weighted by molar-refractivity contribution is 5.85. The Morgan fingerprint density at radius 3 is 2.61 bits per heavy atom. The van der Waals surface area contributed by atoms with E-state index in [9.17, 15) is 9.59 Å². The molecule has 1 unspecified atom stereocenters. The van der Waals surface area contributed by atoms with Crippen LogP contribution < -0.4 is 5.32 Å². The van der Waals surface area contributed by atoms with Gasteiger partial charge in [0.25, 0.3) is 0 Å². The molecule has 5 heteroatoms. The first-order valence-corrected chi connectivity index (χ1v) is 7.65. The molecule has 0 bridgehead atoms. The molecule has 1 amide bonds. The minimum atomic E-state index is -0.771. The summed E-state index contributed by atoms with van der Waals surface area (Å²) in [7, 11) is 1.31. The van der Waals surface area contributed by atoms with E-state index in [4.69, 9.17) is 9.47 Å². The van der Waals surface area contributed by atoms with Gasteiger partial charge in [0.1, 0.15) is 11.6 Å². The van der Waals surface area contributed by atoms with Crippen LogP contribution in [0.1, 0.15) is 38.3 Å². The Balaban J connectivity index is 2.09. The third-order valence-corrected chi connectivity index (χ3v) is 3.53. The SMILES string of the molecule is COC(=O)C(CC1=CCc2ccccc21)NC(=O)OC(C)(C)C. The molecule has 1 aliphatic carbocycles. The number of nitrogens with one attached hydrogen (secondary N) is 1. The Kier molecular flexibility index (Phi) is 5.08. The van der Waals surface area contributed by atoms with Gasteiger partial charge >= 0.3 is 12.1 Å². The zero-order valence-electron chi connectivity index (χ0n) is 14.0. The Morgan fingerprint density at radius 1 is 1.26 bits per heavy atom. The van der Waals surface area contributed by atoms with Gasteiger partial charge in [0.15, 0.2) is 0 Å². The van der Waals surface area contributed by atoms with Crippen molar-refractivity contribution >= 4 is 17.6 Å². The first-order chi connectivity index (χ1) is 10.8. The topological polar surface area (TPSA) is 64.6 Å². The Hall–Kier alpha value is -2.30. The molecule has 124 valence electrons. The Bertz CT molecular complexity index is 628. The van der Waals surface area contributed by atoms with Crippen LogP contribution in [0.3, 0.4) is 0 Å². The van der Waals surface area contributed by atoms with Gasteiger partial charge in [-0.3, -0.25) is 0 Å². The number of amides is 1. The Labute approximate surface area is 136 Å². The second-order valence-electron chi connectivity index (χ2n) is 6.52. The van der Waals surface area contributed by atoms with Gasteiger partial charge in [-0.1, -0.05) is 30.3 Å². The van der Waals surface area contributed by atoms with Gasteiger partial charge in [0, 0.05) is 6.42 Å². The number of hydrogen-bond acceptors (Lipinski definition) is 4. The maximum Gasteiger partial charge on any atom is 0.408 e. The van der Waals surface area contributed by atoms with Crippen molar-refractivity contribution in [1.82, 2.24) is 5.32 Å². The van der Waals surface area contributed by atoms with Crippen LogP contribution in [0.5, 0.6) is 0 Å². The molecule has 0 fully saturated rings. The zero-order valence-corrected chi connectivity index (χ0v) is 14.0. The van der Waals surface area contributed by atoms with Crippen molar-refractivity contribution in [2.24, 2.45) is 0 Å². The molecule has 0 aromatic heterocycles. The molecule has 1 aliphatic rings. The van der Waals surface area contributed by atoms with E-state index in [0.717, 1.165) is 17.6 Å². The van der Waals surface area contributed by atoms with E-state index in [1.807, 2.05) is 18.2 Å². The van der Waals surface area contributed by atoms with E-state index in [-0.39, 0.29) is 0 Å². The predicted octanol–water partition coefficient (Wildman–Crippen LogP) is 3.08. The van der Waals surface area contributed by atoms with Crippen molar-refractivity contribution in [3.63, 3.8) is 0 Å². The molecule has 0 saturated carbocycles. The van der Waals surface area contributed by atoms with E-state index < -0.39 is 23.7 Å². The lowest BCUT2D eigenvalue weighted by Crippen LogP contribution is -2.44. The summed E-state index contributed by atoms with van der Waals surface area (Å²) in [6, 6.07) is 7.27. The van der Waals surface area contributed by atoms with Crippen molar-refractivity contribution < 1.29 is 19.1 Å². The number of esters is 1. The molecule has 1 atom stereocenters. The highest BCUT2D eigenvalue weighted by Gasteiger charge is 2.27. The highest BCUT2D eigenvalue weighted by atomic mass is 16.6. The molecule has 23 heavy (non-hydrogen) atoms. The number of hydrogen-bond donors (Lipinski definition) is 1. The summed E-state index contributed by atoms with van der Waals surface area (Å²) in [5, 5.41) is 2.61. The number of fused-ring (bicyclic) bond motifs is 1. The number of allylic oxidation sites excluding steroid dienone is 1. The van der Waals surface area contributed by atoms with Crippen LogP contribution in [0, 0.1) is 0 Å². The third-order valence-electron chi connectivity index (χ3n) is 3.53. The molecule has 1 aromatic rings. The standard InChI is InChI=1S/C18H23NO4/c1-18(2,3)23-17(21)19-15(16(20)22-4)11-13-10-9-12-7-5-6-8-14(12)13/h5-8,10,15H,9,11H2,1-4H3,(H,19,21). The van der Waals surface area contributed by atoms with Crippen LogP contribution in [-0.4, -0.2) is 30.8 Å². The van der Waals surface area contributed by atoms with E-state index in [0.29, 0.717) is 6.42 Å². The van der Waals surface area contributed by atoms with E-state index >= 15 is 0 Å². The van der Waals surface area contributed by atoms with E-state index in [2.05, 4.69) is 17.5 Å². The minimum Gasteiger partial charge on any atom is -0.467 e. The van der Waals surface area contributed by atoms with Crippen LogP contribution in [0.2, 0.25) is 0 Å². The third kappa shape index (κ3) is 4.58. The molecule has 2 rings (SSSR count). The summed E-state index contributed by atoms with van der Waals surface area (Å²) >= 11 is 0. The van der Waals surface area contributed by atoms with E-state index in [1.54, 1.807) is 20.8 Å². The van der Waals surface area contributed by atoms with Gasteiger partial charge in [0.05, 0.1) is 7.11 Å². The first-order valence-electron chi connectivity index (χ1n) is 7.65. The fourth-order valence-corrected chi connectivity index (χ4v) is 2.55. The monoisotopic (exact) mass is 317 g/mol. The van der Waals surface area contributed by atoms with Crippen LogP contribution in [0.15, 0.2) is 30.3 Å². The summed E-state index contributed by atoms with van der Waals surface area (Å²) < 4.78 is 10.0. The van der Waals surface area contributed by atoms with Crippen LogP contribution >= 0.6 is 0 Å². The van der Waals surface area contributed by atoms with Crippen molar-refractivity contribution in [3.05, 3.63) is 41.5 Å². The van der Waals surface area contributed by atoms with Crippen LogP contribution in [0.25, 0.3) is 5.57 Å². The molecule has 5 nitrogen and oxygen atoms in total. The van der Waals surface area contributed by atoms with Crippen molar-refractivity contribution in [2.75, 3.05) is 7.11 Å². The normalized spacial score (nSPS) is 14.5. The molecule has 0 heterocycles. The van der Waals surface area contributed by atoms with Gasteiger partial charge < -0.3 is 14.8 Å². The van der Waals surface area contributed by atoms with Crippen molar-refractivity contribution in [3.8, 4) is 0 Å². The van der Waals surface area contributed by atoms with Gasteiger partial charge in [0.2, 0.25) is 0 Å². The second kappa shape index (κ2) is 6.86. The molecular weight excluding hydrogens is 294 g/mol. The minimum absolute atomic E-state index is 0.378. The zero-order chi connectivity index (χ0) is 17.0. The molecule has 1 aromatic carbocycles. The predicted molar refractivity (Wildman–Crippen MR) is 87.9 cm³/mol. The number of ether oxygens (including phenoxy) is 2. The quantitative estimate of drug-likeness (QED) is 0.867. The summed E-state index contributed by atoms with van der Waals surface area (Å²) in [6.45, 7) is 5.32. The number of methoxy groups -OCH3 is 1. The first kappa shape index (κ1) is 17.1. The number of benzene rings is 1. The van der Waals surface area contributed by atoms with Gasteiger partial charge in [-0.2, -0.15) is 0 Å². The largest absolute Gasteiger partial charge is 0.467 e. The molecule has 0 spiro atoms. The number of rotatable bonds is 4. The summed E-state index contributed by atoms with van der Waals surface area (Å²) in [5.74, 6) is -0.485. The summed E-state index contributed by atoms with van der Waals surface area (Å²) in [4.78, 5) is 23.9. The highest BCUT2D eigenvalue weighted by Crippen LogP contribution is 2.30. The molecular formula is C18H23NO4. The number of carbonyl (C=O) groups excluding carboxylic acids is 2. The lowest BCUT2D eigenvalue weighted by molar-refractivity contribution is -0.143. The lowest BCUT2D eigenvalue weighted by Gasteiger charge is -2.23.